The molecule has 128 valence electrons. The van der Waals surface area contributed by atoms with E-state index in [1.807, 2.05) is 24.4 Å². The van der Waals surface area contributed by atoms with Gasteiger partial charge in [0.05, 0.1) is 30.0 Å². The van der Waals surface area contributed by atoms with Crippen molar-refractivity contribution in [2.24, 2.45) is 5.10 Å². The van der Waals surface area contributed by atoms with Gasteiger partial charge in [0.2, 0.25) is 0 Å². The van der Waals surface area contributed by atoms with Gasteiger partial charge in [0.25, 0.3) is 0 Å². The summed E-state index contributed by atoms with van der Waals surface area (Å²) in [6.07, 6.45) is 1.88. The van der Waals surface area contributed by atoms with Crippen molar-refractivity contribution < 1.29 is 4.74 Å². The highest BCUT2D eigenvalue weighted by Gasteiger charge is 2.19. The minimum absolute atomic E-state index is 0.0544. The number of morpholine rings is 1. The van der Waals surface area contributed by atoms with Gasteiger partial charge < -0.3 is 15.1 Å². The maximum Gasteiger partial charge on any atom is 0.186 e. The predicted molar refractivity (Wildman–Crippen MR) is 101 cm³/mol. The average molecular weight is 344 g/mol. The van der Waals surface area contributed by atoms with Gasteiger partial charge in [-0.3, -0.25) is 0 Å². The number of hydrogen-bond donors (Lipinski definition) is 1. The van der Waals surface area contributed by atoms with Crippen LogP contribution in [-0.4, -0.2) is 43.0 Å². The van der Waals surface area contributed by atoms with Gasteiger partial charge in [0.1, 0.15) is 0 Å². The molecule has 0 bridgehead atoms. The lowest BCUT2D eigenvalue weighted by Crippen LogP contribution is -2.36. The molecule has 1 saturated heterocycles. The Balaban J connectivity index is 1.91. The van der Waals surface area contributed by atoms with E-state index in [2.05, 4.69) is 48.3 Å². The normalized spacial score (nSPS) is 15.9. The Morgan fingerprint density at radius 3 is 2.58 bits per heavy atom. The zero-order valence-corrected chi connectivity index (χ0v) is 15.3. The number of rotatable bonds is 4. The van der Waals surface area contributed by atoms with E-state index in [0.717, 1.165) is 47.6 Å². The first-order valence-electron chi connectivity index (χ1n) is 8.22. The Hall–Kier alpha value is -1.92. The molecule has 0 aliphatic carbocycles. The van der Waals surface area contributed by atoms with Gasteiger partial charge in [-0.15, -0.1) is 0 Å². The number of nitrogens with one attached hydrogen (secondary N) is 1. The number of thiazole rings is 1. The molecule has 2 heterocycles. The summed E-state index contributed by atoms with van der Waals surface area (Å²) >= 11 is 1.68. The predicted octanol–water partition coefficient (Wildman–Crippen LogP) is 3.37. The number of nitrogens with zero attached hydrogens (tertiary/aromatic N) is 3. The fourth-order valence-corrected chi connectivity index (χ4v) is 3.40. The van der Waals surface area contributed by atoms with Gasteiger partial charge in [-0.1, -0.05) is 41.7 Å². The Labute approximate surface area is 147 Å². The fourth-order valence-electron chi connectivity index (χ4n) is 2.39. The van der Waals surface area contributed by atoms with Crippen molar-refractivity contribution in [3.05, 3.63) is 35.2 Å². The standard InChI is InChI=1S/C18H24N4OS/c1-18(2,3)21-19-13-15-16(14-7-5-4-6-8-14)20-17(24-15)22-9-11-23-12-10-22/h4-8,13,21H,9-12H2,1-3H3. The molecule has 0 unspecified atom stereocenters. The van der Waals surface area contributed by atoms with Crippen LogP contribution in [0.2, 0.25) is 0 Å². The van der Waals surface area contributed by atoms with E-state index in [1.165, 1.54) is 0 Å². The number of hydrogen-bond acceptors (Lipinski definition) is 6. The summed E-state index contributed by atoms with van der Waals surface area (Å²) in [5.74, 6) is 0. The van der Waals surface area contributed by atoms with Crippen molar-refractivity contribution in [3.8, 4) is 11.3 Å². The van der Waals surface area contributed by atoms with Crippen LogP contribution in [0.5, 0.6) is 0 Å². The molecule has 1 fully saturated rings. The van der Waals surface area contributed by atoms with Crippen molar-refractivity contribution in [2.45, 2.75) is 26.3 Å². The van der Waals surface area contributed by atoms with Crippen molar-refractivity contribution in [2.75, 3.05) is 31.2 Å². The number of benzene rings is 1. The average Bonchev–Trinajstić information content (AvgIpc) is 2.99. The topological polar surface area (TPSA) is 49.8 Å². The quantitative estimate of drug-likeness (QED) is 0.682. The summed E-state index contributed by atoms with van der Waals surface area (Å²) in [5, 5.41) is 5.45. The van der Waals surface area contributed by atoms with Crippen LogP contribution in [0.3, 0.4) is 0 Å². The zero-order valence-electron chi connectivity index (χ0n) is 14.5. The molecule has 6 heteroatoms. The number of anilines is 1. The number of hydrazone groups is 1. The molecule has 5 nitrogen and oxygen atoms in total. The van der Waals surface area contributed by atoms with E-state index < -0.39 is 0 Å². The first-order valence-corrected chi connectivity index (χ1v) is 9.04. The largest absolute Gasteiger partial charge is 0.378 e. The van der Waals surface area contributed by atoms with Crippen LogP contribution >= 0.6 is 11.3 Å². The Kier molecular flexibility index (Phi) is 5.16. The number of aromatic nitrogens is 1. The van der Waals surface area contributed by atoms with Crippen molar-refractivity contribution in [3.63, 3.8) is 0 Å². The second-order valence-corrected chi connectivity index (χ2v) is 7.80. The monoisotopic (exact) mass is 344 g/mol. The van der Waals surface area contributed by atoms with E-state index in [0.29, 0.717) is 0 Å². The second-order valence-electron chi connectivity index (χ2n) is 6.79. The Bertz CT molecular complexity index is 685. The molecule has 1 N–H and O–H groups in total. The number of ether oxygens (including phenoxy) is 1. The van der Waals surface area contributed by atoms with Crippen LogP contribution in [0.1, 0.15) is 25.6 Å². The van der Waals surface area contributed by atoms with Crippen LogP contribution in [0, 0.1) is 0 Å². The molecule has 1 aromatic carbocycles. The third-order valence-electron chi connectivity index (χ3n) is 3.55. The van der Waals surface area contributed by atoms with Crippen molar-refractivity contribution in [1.29, 1.82) is 0 Å². The van der Waals surface area contributed by atoms with Crippen LogP contribution < -0.4 is 10.3 Å². The van der Waals surface area contributed by atoms with Gasteiger partial charge in [-0.05, 0) is 20.8 Å². The molecule has 1 aliphatic heterocycles. The first kappa shape index (κ1) is 16.9. The molecule has 0 saturated carbocycles. The highest BCUT2D eigenvalue weighted by Crippen LogP contribution is 2.32. The smallest absolute Gasteiger partial charge is 0.186 e. The molecular weight excluding hydrogens is 320 g/mol. The van der Waals surface area contributed by atoms with Crippen molar-refractivity contribution in [1.82, 2.24) is 10.4 Å². The highest BCUT2D eigenvalue weighted by atomic mass is 32.1. The molecule has 1 aromatic heterocycles. The molecule has 0 atom stereocenters. The minimum Gasteiger partial charge on any atom is -0.378 e. The molecular formula is C18H24N4OS. The zero-order chi connectivity index (χ0) is 17.0. The molecule has 3 rings (SSSR count). The van der Waals surface area contributed by atoms with Gasteiger partial charge >= 0.3 is 0 Å². The fraction of sp³-hybridized carbons (Fsp3) is 0.444. The van der Waals surface area contributed by atoms with Gasteiger partial charge in [-0.25, -0.2) is 4.98 Å². The lowest BCUT2D eigenvalue weighted by Gasteiger charge is -2.26. The maximum absolute atomic E-state index is 5.44. The van der Waals surface area contributed by atoms with Gasteiger partial charge in [0, 0.05) is 24.2 Å². The van der Waals surface area contributed by atoms with E-state index >= 15 is 0 Å². The lowest BCUT2D eigenvalue weighted by molar-refractivity contribution is 0.122. The first-order chi connectivity index (χ1) is 11.5. The summed E-state index contributed by atoms with van der Waals surface area (Å²) in [4.78, 5) is 8.24. The van der Waals surface area contributed by atoms with Gasteiger partial charge in [-0.2, -0.15) is 5.10 Å². The third kappa shape index (κ3) is 4.33. The summed E-state index contributed by atoms with van der Waals surface area (Å²) in [7, 11) is 0. The van der Waals surface area contributed by atoms with Crippen molar-refractivity contribution >= 4 is 22.7 Å². The molecule has 24 heavy (non-hydrogen) atoms. The van der Waals surface area contributed by atoms with E-state index in [1.54, 1.807) is 11.3 Å². The SMILES string of the molecule is CC(C)(C)NN=Cc1sc(N2CCOCC2)nc1-c1ccccc1. The molecule has 0 radical (unpaired) electrons. The third-order valence-corrected chi connectivity index (χ3v) is 4.60. The van der Waals surface area contributed by atoms with Gasteiger partial charge in [0.15, 0.2) is 5.13 Å². The summed E-state index contributed by atoms with van der Waals surface area (Å²) in [5.41, 5.74) is 5.20. The molecule has 0 amide bonds. The van der Waals surface area contributed by atoms with E-state index in [4.69, 9.17) is 9.72 Å². The highest BCUT2D eigenvalue weighted by molar-refractivity contribution is 7.17. The summed E-state index contributed by atoms with van der Waals surface area (Å²) < 4.78 is 5.44. The Morgan fingerprint density at radius 2 is 1.92 bits per heavy atom. The van der Waals surface area contributed by atoms with Crippen LogP contribution in [-0.2, 0) is 4.74 Å². The second kappa shape index (κ2) is 7.32. The summed E-state index contributed by atoms with van der Waals surface area (Å²) in [6, 6.07) is 10.3. The summed E-state index contributed by atoms with van der Waals surface area (Å²) in [6.45, 7) is 9.57. The lowest BCUT2D eigenvalue weighted by atomic mass is 10.1. The van der Waals surface area contributed by atoms with Crippen LogP contribution in [0.15, 0.2) is 35.4 Å². The maximum atomic E-state index is 5.44. The van der Waals surface area contributed by atoms with Crippen LogP contribution in [0.25, 0.3) is 11.3 Å². The van der Waals surface area contributed by atoms with Crippen LogP contribution in [0.4, 0.5) is 5.13 Å². The molecule has 2 aromatic rings. The van der Waals surface area contributed by atoms with E-state index in [9.17, 15) is 0 Å². The minimum atomic E-state index is -0.0544. The molecule has 0 spiro atoms. The Morgan fingerprint density at radius 1 is 1.21 bits per heavy atom. The van der Waals surface area contributed by atoms with E-state index in [-0.39, 0.29) is 5.54 Å². The molecule has 1 aliphatic rings.